The van der Waals surface area contributed by atoms with Crippen molar-refractivity contribution in [2.45, 2.75) is 26.7 Å². The van der Waals surface area contributed by atoms with Crippen LogP contribution in [0.5, 0.6) is 5.88 Å². The summed E-state index contributed by atoms with van der Waals surface area (Å²) in [4.78, 5) is 13.5. The molecular formula is C15H27N5O. The summed E-state index contributed by atoms with van der Waals surface area (Å²) in [6, 6.07) is 0. The molecule has 1 aromatic rings. The first kappa shape index (κ1) is 16.0. The van der Waals surface area contributed by atoms with Gasteiger partial charge in [0, 0.05) is 19.6 Å². The maximum absolute atomic E-state index is 5.60. The predicted octanol–water partition coefficient (Wildman–Crippen LogP) is 1.04. The highest BCUT2D eigenvalue weighted by Gasteiger charge is 2.19. The van der Waals surface area contributed by atoms with E-state index in [1.807, 2.05) is 13.8 Å². The minimum Gasteiger partial charge on any atom is -0.478 e. The van der Waals surface area contributed by atoms with E-state index < -0.39 is 0 Å². The number of aromatic nitrogens is 2. The maximum atomic E-state index is 5.60. The third kappa shape index (κ3) is 4.28. The summed E-state index contributed by atoms with van der Waals surface area (Å²) in [6.07, 6.45) is 3.82. The van der Waals surface area contributed by atoms with Crippen LogP contribution in [0.4, 0.5) is 5.82 Å². The van der Waals surface area contributed by atoms with E-state index >= 15 is 0 Å². The molecule has 0 radical (unpaired) electrons. The number of hydrogen-bond donors (Lipinski definition) is 1. The Kier molecular flexibility index (Phi) is 6.20. The zero-order valence-corrected chi connectivity index (χ0v) is 13.2. The molecule has 0 atom stereocenters. The molecule has 2 rings (SSSR count). The van der Waals surface area contributed by atoms with Crippen molar-refractivity contribution >= 4 is 5.82 Å². The van der Waals surface area contributed by atoms with Crippen LogP contribution in [0, 0.1) is 6.92 Å². The van der Waals surface area contributed by atoms with Crippen molar-refractivity contribution in [3.05, 3.63) is 11.9 Å². The Morgan fingerprint density at radius 3 is 2.86 bits per heavy atom. The molecule has 1 aliphatic heterocycles. The average molecular weight is 293 g/mol. The van der Waals surface area contributed by atoms with Gasteiger partial charge in [0.05, 0.1) is 12.2 Å². The first-order chi connectivity index (χ1) is 10.3. The Bertz CT molecular complexity index is 440. The van der Waals surface area contributed by atoms with Crippen molar-refractivity contribution in [3.8, 4) is 5.88 Å². The van der Waals surface area contributed by atoms with Crippen LogP contribution < -0.4 is 15.4 Å². The molecule has 1 aromatic heterocycles. The summed E-state index contributed by atoms with van der Waals surface area (Å²) in [5.41, 5.74) is 6.64. The van der Waals surface area contributed by atoms with E-state index in [1.165, 1.54) is 0 Å². The first-order valence-corrected chi connectivity index (χ1v) is 7.88. The Hall–Kier alpha value is -1.40. The van der Waals surface area contributed by atoms with Gasteiger partial charge in [-0.1, -0.05) is 0 Å². The largest absolute Gasteiger partial charge is 0.478 e. The van der Waals surface area contributed by atoms with Gasteiger partial charge in [0.25, 0.3) is 0 Å². The Labute approximate surface area is 127 Å². The van der Waals surface area contributed by atoms with Gasteiger partial charge in [-0.15, -0.1) is 0 Å². The van der Waals surface area contributed by atoms with E-state index in [0.717, 1.165) is 63.5 Å². The fraction of sp³-hybridized carbons (Fsp3) is 0.733. The summed E-state index contributed by atoms with van der Waals surface area (Å²) in [7, 11) is 0. The normalized spacial score (nSPS) is 16.8. The average Bonchev–Trinajstić information content (AvgIpc) is 2.73. The van der Waals surface area contributed by atoms with E-state index in [-0.39, 0.29) is 0 Å². The highest BCUT2D eigenvalue weighted by Crippen LogP contribution is 2.24. The predicted molar refractivity (Wildman–Crippen MR) is 84.9 cm³/mol. The Morgan fingerprint density at radius 2 is 2.10 bits per heavy atom. The highest BCUT2D eigenvalue weighted by atomic mass is 16.5. The first-order valence-electron chi connectivity index (χ1n) is 7.88. The molecule has 118 valence electrons. The molecule has 1 aliphatic rings. The molecule has 0 aliphatic carbocycles. The third-order valence-corrected chi connectivity index (χ3v) is 3.86. The van der Waals surface area contributed by atoms with Gasteiger partial charge in [0.2, 0.25) is 5.88 Å². The molecule has 21 heavy (non-hydrogen) atoms. The molecule has 0 spiro atoms. The molecule has 6 nitrogen and oxygen atoms in total. The van der Waals surface area contributed by atoms with Crippen molar-refractivity contribution in [2.75, 3.05) is 50.8 Å². The second kappa shape index (κ2) is 8.14. The molecule has 0 aromatic carbocycles. The summed E-state index contributed by atoms with van der Waals surface area (Å²) in [5, 5.41) is 0. The minimum absolute atomic E-state index is 0.629. The zero-order chi connectivity index (χ0) is 15.1. The van der Waals surface area contributed by atoms with Crippen LogP contribution in [-0.2, 0) is 0 Å². The van der Waals surface area contributed by atoms with Crippen LogP contribution in [-0.4, -0.2) is 60.7 Å². The van der Waals surface area contributed by atoms with Crippen molar-refractivity contribution in [3.63, 3.8) is 0 Å². The summed E-state index contributed by atoms with van der Waals surface area (Å²) in [6.45, 7) is 10.7. The Morgan fingerprint density at radius 1 is 1.24 bits per heavy atom. The zero-order valence-electron chi connectivity index (χ0n) is 13.2. The topological polar surface area (TPSA) is 67.5 Å². The number of nitrogens with zero attached hydrogens (tertiary/aromatic N) is 4. The second-order valence-electron chi connectivity index (χ2n) is 5.38. The van der Waals surface area contributed by atoms with E-state index in [0.29, 0.717) is 12.5 Å². The maximum Gasteiger partial charge on any atom is 0.221 e. The lowest BCUT2D eigenvalue weighted by atomic mass is 10.3. The molecule has 1 saturated heterocycles. The van der Waals surface area contributed by atoms with Crippen LogP contribution in [0.15, 0.2) is 6.33 Å². The van der Waals surface area contributed by atoms with Crippen molar-refractivity contribution in [2.24, 2.45) is 5.73 Å². The molecule has 0 bridgehead atoms. The highest BCUT2D eigenvalue weighted by molar-refractivity contribution is 5.50. The number of hydrogen-bond acceptors (Lipinski definition) is 6. The number of rotatable bonds is 6. The number of anilines is 1. The molecule has 6 heteroatoms. The van der Waals surface area contributed by atoms with Gasteiger partial charge in [-0.25, -0.2) is 9.97 Å². The molecule has 0 saturated carbocycles. The molecule has 0 amide bonds. The molecule has 2 heterocycles. The van der Waals surface area contributed by atoms with Gasteiger partial charge < -0.3 is 20.3 Å². The fourth-order valence-corrected chi connectivity index (χ4v) is 2.75. The van der Waals surface area contributed by atoms with Gasteiger partial charge >= 0.3 is 0 Å². The van der Waals surface area contributed by atoms with Gasteiger partial charge in [-0.2, -0.15) is 0 Å². The lowest BCUT2D eigenvalue weighted by Gasteiger charge is -2.24. The van der Waals surface area contributed by atoms with Crippen molar-refractivity contribution in [1.29, 1.82) is 0 Å². The number of ether oxygens (including phenoxy) is 1. The van der Waals surface area contributed by atoms with E-state index in [1.54, 1.807) is 6.33 Å². The third-order valence-electron chi connectivity index (χ3n) is 3.86. The van der Waals surface area contributed by atoms with Gasteiger partial charge in [-0.3, -0.25) is 0 Å². The lowest BCUT2D eigenvalue weighted by Crippen LogP contribution is -2.32. The van der Waals surface area contributed by atoms with Crippen LogP contribution in [0.3, 0.4) is 0 Å². The molecule has 0 unspecified atom stereocenters. The van der Waals surface area contributed by atoms with Gasteiger partial charge in [0.1, 0.15) is 12.1 Å². The van der Waals surface area contributed by atoms with Crippen molar-refractivity contribution in [1.82, 2.24) is 14.9 Å². The lowest BCUT2D eigenvalue weighted by molar-refractivity contribution is 0.291. The summed E-state index contributed by atoms with van der Waals surface area (Å²) >= 11 is 0. The molecule has 2 N–H and O–H groups in total. The molecule has 1 fully saturated rings. The van der Waals surface area contributed by atoms with Crippen LogP contribution >= 0.6 is 0 Å². The van der Waals surface area contributed by atoms with Gasteiger partial charge in [-0.05, 0) is 46.3 Å². The SMILES string of the molecule is CCOc1ncnc(N2CCCN(CCCN)CC2)c1C. The number of nitrogens with two attached hydrogens (primary N) is 1. The standard InChI is InChI=1S/C15H27N5O/c1-3-21-15-13(2)14(17-12-18-15)20-9-5-8-19(10-11-20)7-4-6-16/h12H,3-11,16H2,1-2H3. The van der Waals surface area contributed by atoms with Crippen molar-refractivity contribution < 1.29 is 4.74 Å². The fourth-order valence-electron chi connectivity index (χ4n) is 2.75. The molecular weight excluding hydrogens is 266 g/mol. The van der Waals surface area contributed by atoms with Crippen LogP contribution in [0.2, 0.25) is 0 Å². The summed E-state index contributed by atoms with van der Waals surface area (Å²) < 4.78 is 5.57. The smallest absolute Gasteiger partial charge is 0.221 e. The monoisotopic (exact) mass is 293 g/mol. The van der Waals surface area contributed by atoms with Crippen LogP contribution in [0.25, 0.3) is 0 Å². The van der Waals surface area contributed by atoms with E-state index in [4.69, 9.17) is 10.5 Å². The second-order valence-corrected chi connectivity index (χ2v) is 5.38. The summed E-state index contributed by atoms with van der Waals surface area (Å²) in [5.74, 6) is 1.71. The van der Waals surface area contributed by atoms with Crippen LogP contribution in [0.1, 0.15) is 25.3 Å². The van der Waals surface area contributed by atoms with E-state index in [9.17, 15) is 0 Å². The van der Waals surface area contributed by atoms with E-state index in [2.05, 4.69) is 19.8 Å². The Balaban J connectivity index is 2.03. The quantitative estimate of drug-likeness (QED) is 0.845. The van der Waals surface area contributed by atoms with Gasteiger partial charge in [0.15, 0.2) is 0 Å². The minimum atomic E-state index is 0.629.